The number of rotatable bonds is 6. The van der Waals surface area contributed by atoms with Gasteiger partial charge in [-0.3, -0.25) is 4.79 Å². The Morgan fingerprint density at radius 2 is 1.76 bits per heavy atom. The number of hydrogen-bond donors (Lipinski definition) is 1. The lowest BCUT2D eigenvalue weighted by Gasteiger charge is -2.52. The molecule has 0 radical (unpaired) electrons. The first-order chi connectivity index (χ1) is 19.8. The molecule has 0 spiro atoms. The second-order valence-electron chi connectivity index (χ2n) is 11.7. The summed E-state index contributed by atoms with van der Waals surface area (Å²) in [7, 11) is 0. The highest BCUT2D eigenvalue weighted by Gasteiger charge is 2.50. The molecule has 212 valence electrons. The van der Waals surface area contributed by atoms with E-state index < -0.39 is 5.60 Å². The molecule has 1 aromatic heterocycles. The zero-order valence-corrected chi connectivity index (χ0v) is 23.8. The molecule has 2 heterocycles. The quantitative estimate of drug-likeness (QED) is 0.286. The SMILES string of the molecule is Cc1cc(OCC(=O)N2CC[C@]3(O)CCCC[C@H]3[C@H]2c2ccccc2)c2c(C)c(Cc3ccccc3)c(=O)oc2c1. The van der Waals surface area contributed by atoms with Gasteiger partial charge in [0.05, 0.1) is 17.0 Å². The normalized spacial score (nSPS) is 22.4. The summed E-state index contributed by atoms with van der Waals surface area (Å²) in [5, 5.41) is 12.3. The number of aliphatic hydroxyl groups is 1. The van der Waals surface area contributed by atoms with Gasteiger partial charge in [-0.15, -0.1) is 0 Å². The van der Waals surface area contributed by atoms with Crippen LogP contribution in [0.2, 0.25) is 0 Å². The van der Waals surface area contributed by atoms with Gasteiger partial charge in [-0.25, -0.2) is 4.79 Å². The lowest BCUT2D eigenvalue weighted by molar-refractivity contribution is -0.157. The summed E-state index contributed by atoms with van der Waals surface area (Å²) in [6, 6.07) is 23.5. The number of hydrogen-bond acceptors (Lipinski definition) is 5. The van der Waals surface area contributed by atoms with Gasteiger partial charge in [-0.2, -0.15) is 0 Å². The highest BCUT2D eigenvalue weighted by atomic mass is 16.5. The first-order valence-electron chi connectivity index (χ1n) is 14.6. The second-order valence-corrected chi connectivity index (χ2v) is 11.7. The Labute approximate surface area is 240 Å². The van der Waals surface area contributed by atoms with Crippen molar-refractivity contribution in [2.75, 3.05) is 13.2 Å². The van der Waals surface area contributed by atoms with Crippen molar-refractivity contribution < 1.29 is 19.1 Å². The minimum Gasteiger partial charge on any atom is -0.483 e. The van der Waals surface area contributed by atoms with Crippen LogP contribution in [0.25, 0.3) is 11.0 Å². The van der Waals surface area contributed by atoms with Crippen LogP contribution < -0.4 is 10.4 Å². The molecule has 1 aliphatic heterocycles. The smallest absolute Gasteiger partial charge is 0.340 e. The van der Waals surface area contributed by atoms with E-state index in [1.807, 2.05) is 79.4 Å². The number of amides is 1. The molecule has 2 aliphatic rings. The molecule has 6 heteroatoms. The molecule has 1 saturated heterocycles. The van der Waals surface area contributed by atoms with E-state index in [0.717, 1.165) is 47.9 Å². The van der Waals surface area contributed by atoms with Crippen LogP contribution in [0.3, 0.4) is 0 Å². The average molecular weight is 552 g/mol. The van der Waals surface area contributed by atoms with Gasteiger partial charge in [-0.1, -0.05) is 73.5 Å². The first-order valence-corrected chi connectivity index (χ1v) is 14.6. The van der Waals surface area contributed by atoms with Crippen molar-refractivity contribution in [2.24, 2.45) is 5.92 Å². The Hall–Kier alpha value is -3.90. The molecule has 2 fully saturated rings. The predicted octanol–water partition coefficient (Wildman–Crippen LogP) is 6.27. The molecule has 4 aromatic rings. The van der Waals surface area contributed by atoms with E-state index in [9.17, 15) is 14.7 Å². The highest BCUT2D eigenvalue weighted by Crippen LogP contribution is 2.49. The van der Waals surface area contributed by atoms with Crippen LogP contribution in [0.5, 0.6) is 5.75 Å². The third-order valence-corrected chi connectivity index (χ3v) is 9.09. The summed E-state index contributed by atoms with van der Waals surface area (Å²) >= 11 is 0. The molecule has 41 heavy (non-hydrogen) atoms. The molecule has 1 aliphatic carbocycles. The molecule has 6 rings (SSSR count). The van der Waals surface area contributed by atoms with Gasteiger partial charge < -0.3 is 19.2 Å². The van der Waals surface area contributed by atoms with Gasteiger partial charge in [0.1, 0.15) is 11.3 Å². The first kappa shape index (κ1) is 27.3. The summed E-state index contributed by atoms with van der Waals surface area (Å²) in [6.07, 6.45) is 4.78. The number of carbonyl (C=O) groups excluding carboxylic acids is 1. The number of aryl methyl sites for hydroxylation is 2. The molecule has 3 aromatic carbocycles. The van der Waals surface area contributed by atoms with Crippen molar-refractivity contribution in [2.45, 2.75) is 64.0 Å². The fraction of sp³-hybridized carbons (Fsp3) is 0.371. The van der Waals surface area contributed by atoms with Gasteiger partial charge in [0.25, 0.3) is 5.91 Å². The van der Waals surface area contributed by atoms with Gasteiger partial charge in [-0.05, 0) is 67.5 Å². The van der Waals surface area contributed by atoms with Gasteiger partial charge in [0.2, 0.25) is 0 Å². The molecule has 3 atom stereocenters. The zero-order chi connectivity index (χ0) is 28.6. The fourth-order valence-corrected chi connectivity index (χ4v) is 7.00. The van der Waals surface area contributed by atoms with Crippen molar-refractivity contribution in [3.05, 3.63) is 111 Å². The molecule has 0 bridgehead atoms. The average Bonchev–Trinajstić information content (AvgIpc) is 2.97. The molecule has 6 nitrogen and oxygen atoms in total. The van der Waals surface area contributed by atoms with Crippen molar-refractivity contribution in [3.63, 3.8) is 0 Å². The Balaban J connectivity index is 1.31. The van der Waals surface area contributed by atoms with Crippen LogP contribution in [0.15, 0.2) is 82.0 Å². The molecular formula is C35H37NO5. The second kappa shape index (κ2) is 11.2. The number of piperidine rings is 1. The predicted molar refractivity (Wildman–Crippen MR) is 159 cm³/mol. The number of ether oxygens (including phenoxy) is 1. The van der Waals surface area contributed by atoms with E-state index in [4.69, 9.17) is 9.15 Å². The lowest BCUT2D eigenvalue weighted by Crippen LogP contribution is -2.56. The van der Waals surface area contributed by atoms with Crippen LogP contribution in [0.1, 0.15) is 66.0 Å². The zero-order valence-electron chi connectivity index (χ0n) is 23.8. The van der Waals surface area contributed by atoms with Gasteiger partial charge in [0, 0.05) is 24.4 Å². The third kappa shape index (κ3) is 5.29. The molecule has 1 amide bonds. The Morgan fingerprint density at radius 1 is 1.02 bits per heavy atom. The number of benzene rings is 3. The molecule has 1 N–H and O–H groups in total. The molecule has 1 saturated carbocycles. The topological polar surface area (TPSA) is 80.0 Å². The van der Waals surface area contributed by atoms with Crippen molar-refractivity contribution in [1.29, 1.82) is 0 Å². The monoisotopic (exact) mass is 551 g/mol. The van der Waals surface area contributed by atoms with E-state index in [-0.39, 0.29) is 30.1 Å². The fourth-order valence-electron chi connectivity index (χ4n) is 7.00. The van der Waals surface area contributed by atoms with E-state index in [0.29, 0.717) is 41.7 Å². The summed E-state index contributed by atoms with van der Waals surface area (Å²) < 4.78 is 12.0. The maximum absolute atomic E-state index is 13.8. The number of nitrogens with zero attached hydrogens (tertiary/aromatic N) is 1. The van der Waals surface area contributed by atoms with Crippen LogP contribution in [-0.4, -0.2) is 34.7 Å². The maximum Gasteiger partial charge on any atom is 0.340 e. The number of fused-ring (bicyclic) bond motifs is 2. The molecular weight excluding hydrogens is 514 g/mol. The Morgan fingerprint density at radius 3 is 2.51 bits per heavy atom. The van der Waals surface area contributed by atoms with Crippen molar-refractivity contribution >= 4 is 16.9 Å². The summed E-state index contributed by atoms with van der Waals surface area (Å²) in [5.41, 5.74) is 3.69. The van der Waals surface area contributed by atoms with Gasteiger partial charge >= 0.3 is 5.63 Å². The van der Waals surface area contributed by atoms with E-state index in [1.165, 1.54) is 0 Å². The van der Waals surface area contributed by atoms with Crippen molar-refractivity contribution in [3.8, 4) is 5.75 Å². The largest absolute Gasteiger partial charge is 0.483 e. The summed E-state index contributed by atoms with van der Waals surface area (Å²) in [5.74, 6) is 0.417. The highest BCUT2D eigenvalue weighted by molar-refractivity contribution is 5.89. The Bertz CT molecular complexity index is 1610. The van der Waals surface area contributed by atoms with E-state index >= 15 is 0 Å². The van der Waals surface area contributed by atoms with Crippen LogP contribution in [0.4, 0.5) is 0 Å². The van der Waals surface area contributed by atoms with Crippen LogP contribution >= 0.6 is 0 Å². The van der Waals surface area contributed by atoms with E-state index in [2.05, 4.69) is 12.1 Å². The minimum absolute atomic E-state index is 0.00628. The lowest BCUT2D eigenvalue weighted by atomic mass is 9.66. The number of likely N-dealkylation sites (tertiary alicyclic amines) is 1. The standard InChI is InChI=1S/C35H37NO5/c1-23-19-29(32-24(2)27(34(38)41-30(32)20-23)21-25-11-5-3-6-12-25)40-22-31(37)36-18-17-35(39)16-10-9-15-28(35)33(36)26-13-7-4-8-14-26/h3-8,11-14,19-20,28,33,39H,9-10,15-18,21-22H2,1-2H3/t28-,33+,35+/m0/s1. The maximum atomic E-state index is 13.8. The number of carbonyl (C=O) groups is 1. The summed E-state index contributed by atoms with van der Waals surface area (Å²) in [4.78, 5) is 28.7. The Kier molecular flexibility index (Phi) is 7.43. The van der Waals surface area contributed by atoms with Gasteiger partial charge in [0.15, 0.2) is 6.61 Å². The third-order valence-electron chi connectivity index (χ3n) is 9.09. The summed E-state index contributed by atoms with van der Waals surface area (Å²) in [6.45, 7) is 4.18. The van der Waals surface area contributed by atoms with Crippen molar-refractivity contribution in [1.82, 2.24) is 4.90 Å². The molecule has 0 unspecified atom stereocenters. The van der Waals surface area contributed by atoms with Crippen LogP contribution in [-0.2, 0) is 11.2 Å². The minimum atomic E-state index is -0.743. The van der Waals surface area contributed by atoms with Crippen LogP contribution in [0, 0.1) is 19.8 Å². The van der Waals surface area contributed by atoms with E-state index in [1.54, 1.807) is 0 Å².